The number of carbonyl (C=O) groups excluding carboxylic acids is 1. The number of carbonyl (C=O) groups is 1. The number of rotatable bonds is 6. The predicted octanol–water partition coefficient (Wildman–Crippen LogP) is 0.630. The lowest BCUT2D eigenvalue weighted by atomic mass is 10.4. The number of benzene rings is 1. The van der Waals surface area contributed by atoms with Gasteiger partial charge in [0.1, 0.15) is 5.82 Å². The van der Waals surface area contributed by atoms with Crippen molar-refractivity contribution in [3.05, 3.63) is 30.1 Å². The number of hydrogen-bond donors (Lipinski definition) is 2. The molecule has 1 aliphatic carbocycles. The highest BCUT2D eigenvalue weighted by molar-refractivity contribution is 7.89. The number of sulfonamides is 1. The van der Waals surface area contributed by atoms with Crippen LogP contribution in [0.2, 0.25) is 0 Å². The van der Waals surface area contributed by atoms with Crippen LogP contribution in [-0.4, -0.2) is 27.4 Å². The Balaban J connectivity index is 1.80. The van der Waals surface area contributed by atoms with Crippen LogP contribution < -0.4 is 10.0 Å². The van der Waals surface area contributed by atoms with Gasteiger partial charge in [-0.25, -0.2) is 17.5 Å². The molecule has 0 unspecified atom stereocenters. The van der Waals surface area contributed by atoms with Gasteiger partial charge in [-0.05, 0) is 37.1 Å². The largest absolute Gasteiger partial charge is 0.355 e. The number of amides is 1. The second kappa shape index (κ2) is 5.66. The van der Waals surface area contributed by atoms with E-state index in [0.29, 0.717) is 0 Å². The summed E-state index contributed by atoms with van der Waals surface area (Å²) in [6.07, 6.45) is 1.82. The molecule has 2 rings (SSSR count). The molecule has 0 radical (unpaired) electrons. The van der Waals surface area contributed by atoms with Gasteiger partial charge in [0.2, 0.25) is 15.9 Å². The summed E-state index contributed by atoms with van der Waals surface area (Å²) in [6.45, 7) is 0.355. The quantitative estimate of drug-likeness (QED) is 0.753. The lowest BCUT2D eigenvalue weighted by Crippen LogP contribution is -2.35. The first kappa shape index (κ1) is 14.0. The van der Waals surface area contributed by atoms with Crippen molar-refractivity contribution in [1.82, 2.24) is 10.0 Å². The Morgan fingerprint density at radius 1 is 1.21 bits per heavy atom. The van der Waals surface area contributed by atoms with Gasteiger partial charge in [-0.15, -0.1) is 0 Å². The molecule has 1 aromatic rings. The average Bonchev–Trinajstić information content (AvgIpc) is 3.19. The normalized spacial score (nSPS) is 15.2. The highest BCUT2D eigenvalue weighted by Gasteiger charge is 2.29. The Kier molecular flexibility index (Phi) is 4.16. The van der Waals surface area contributed by atoms with Gasteiger partial charge in [-0.2, -0.15) is 0 Å². The molecule has 0 spiro atoms. The van der Waals surface area contributed by atoms with Crippen molar-refractivity contribution in [2.45, 2.75) is 17.7 Å². The third kappa shape index (κ3) is 4.00. The van der Waals surface area contributed by atoms with E-state index in [9.17, 15) is 17.6 Å². The Hall–Kier alpha value is -1.47. The van der Waals surface area contributed by atoms with E-state index >= 15 is 0 Å². The maximum atomic E-state index is 12.7. The van der Waals surface area contributed by atoms with Crippen LogP contribution in [0, 0.1) is 11.7 Å². The van der Waals surface area contributed by atoms with Crippen molar-refractivity contribution in [3.8, 4) is 0 Å². The highest BCUT2D eigenvalue weighted by Crippen LogP contribution is 2.28. The SMILES string of the molecule is O=C(NCCNS(=O)(=O)c1ccc(F)cc1)C1CC1. The molecule has 1 amide bonds. The van der Waals surface area contributed by atoms with E-state index in [-0.39, 0.29) is 29.8 Å². The summed E-state index contributed by atoms with van der Waals surface area (Å²) in [5.74, 6) is -0.412. The predicted molar refractivity (Wildman–Crippen MR) is 67.3 cm³/mol. The fourth-order valence-corrected chi connectivity index (χ4v) is 2.59. The van der Waals surface area contributed by atoms with Crippen molar-refractivity contribution < 1.29 is 17.6 Å². The molecular weight excluding hydrogens is 271 g/mol. The van der Waals surface area contributed by atoms with Crippen LogP contribution in [0.3, 0.4) is 0 Å². The van der Waals surface area contributed by atoms with E-state index in [1.807, 2.05) is 0 Å². The summed E-state index contributed by atoms with van der Waals surface area (Å²) < 4.78 is 38.6. The van der Waals surface area contributed by atoms with Gasteiger partial charge in [0.05, 0.1) is 4.90 Å². The van der Waals surface area contributed by atoms with Gasteiger partial charge in [0.25, 0.3) is 0 Å². The molecule has 0 bridgehead atoms. The molecular formula is C12H15FN2O3S. The zero-order chi connectivity index (χ0) is 13.9. The van der Waals surface area contributed by atoms with Crippen molar-refractivity contribution in [2.75, 3.05) is 13.1 Å². The van der Waals surface area contributed by atoms with Crippen LogP contribution in [0.1, 0.15) is 12.8 Å². The first-order valence-electron chi connectivity index (χ1n) is 6.02. The fourth-order valence-electron chi connectivity index (χ4n) is 1.56. The van der Waals surface area contributed by atoms with E-state index in [1.165, 1.54) is 12.1 Å². The van der Waals surface area contributed by atoms with E-state index in [2.05, 4.69) is 10.0 Å². The van der Waals surface area contributed by atoms with Crippen LogP contribution in [0.25, 0.3) is 0 Å². The summed E-state index contributed by atoms with van der Waals surface area (Å²) in [7, 11) is -3.65. The van der Waals surface area contributed by atoms with Gasteiger partial charge in [-0.1, -0.05) is 0 Å². The number of hydrogen-bond acceptors (Lipinski definition) is 3. The topological polar surface area (TPSA) is 75.3 Å². The zero-order valence-corrected chi connectivity index (χ0v) is 11.0. The smallest absolute Gasteiger partial charge is 0.240 e. The second-order valence-electron chi connectivity index (χ2n) is 4.42. The lowest BCUT2D eigenvalue weighted by Gasteiger charge is -2.07. The third-order valence-electron chi connectivity index (χ3n) is 2.79. The third-order valence-corrected chi connectivity index (χ3v) is 4.27. The van der Waals surface area contributed by atoms with Crippen molar-refractivity contribution in [2.24, 2.45) is 5.92 Å². The molecule has 7 heteroatoms. The molecule has 0 saturated heterocycles. The summed E-state index contributed by atoms with van der Waals surface area (Å²) >= 11 is 0. The number of halogens is 1. The molecule has 0 atom stereocenters. The van der Waals surface area contributed by atoms with Crippen LogP contribution >= 0.6 is 0 Å². The molecule has 0 heterocycles. The number of nitrogens with one attached hydrogen (secondary N) is 2. The Bertz CT molecular complexity index is 553. The molecule has 1 fully saturated rings. The van der Waals surface area contributed by atoms with Gasteiger partial charge in [0, 0.05) is 19.0 Å². The molecule has 1 aromatic carbocycles. The van der Waals surface area contributed by atoms with Crippen LogP contribution in [0.5, 0.6) is 0 Å². The molecule has 5 nitrogen and oxygen atoms in total. The fraction of sp³-hybridized carbons (Fsp3) is 0.417. The summed E-state index contributed by atoms with van der Waals surface area (Å²) in [4.78, 5) is 11.3. The average molecular weight is 286 g/mol. The van der Waals surface area contributed by atoms with Crippen molar-refractivity contribution >= 4 is 15.9 Å². The minimum atomic E-state index is -3.65. The minimum absolute atomic E-state index is 0.00224. The van der Waals surface area contributed by atoms with Crippen LogP contribution in [-0.2, 0) is 14.8 Å². The highest BCUT2D eigenvalue weighted by atomic mass is 32.2. The van der Waals surface area contributed by atoms with Gasteiger partial charge >= 0.3 is 0 Å². The molecule has 19 heavy (non-hydrogen) atoms. The first-order chi connectivity index (χ1) is 8.99. The molecule has 104 valence electrons. The second-order valence-corrected chi connectivity index (χ2v) is 6.18. The van der Waals surface area contributed by atoms with Crippen LogP contribution in [0.4, 0.5) is 4.39 Å². The molecule has 1 saturated carbocycles. The van der Waals surface area contributed by atoms with Gasteiger partial charge in [-0.3, -0.25) is 4.79 Å². The van der Waals surface area contributed by atoms with Crippen molar-refractivity contribution in [1.29, 1.82) is 0 Å². The molecule has 0 aliphatic heterocycles. The van der Waals surface area contributed by atoms with Crippen LogP contribution in [0.15, 0.2) is 29.2 Å². The Morgan fingerprint density at radius 3 is 2.42 bits per heavy atom. The van der Waals surface area contributed by atoms with E-state index in [1.54, 1.807) is 0 Å². The molecule has 0 aromatic heterocycles. The molecule has 2 N–H and O–H groups in total. The standard InChI is InChI=1S/C12H15FN2O3S/c13-10-3-5-11(6-4-10)19(17,18)15-8-7-14-12(16)9-1-2-9/h3-6,9,15H,1-2,7-8H2,(H,14,16). The Labute approximate surface area is 111 Å². The maximum absolute atomic E-state index is 12.7. The first-order valence-corrected chi connectivity index (χ1v) is 7.50. The zero-order valence-electron chi connectivity index (χ0n) is 10.2. The van der Waals surface area contributed by atoms with Gasteiger partial charge < -0.3 is 5.32 Å². The summed E-state index contributed by atoms with van der Waals surface area (Å²) in [5, 5.41) is 2.65. The van der Waals surface area contributed by atoms with E-state index in [0.717, 1.165) is 25.0 Å². The molecule has 1 aliphatic rings. The minimum Gasteiger partial charge on any atom is -0.355 e. The Morgan fingerprint density at radius 2 is 1.84 bits per heavy atom. The van der Waals surface area contributed by atoms with Crippen molar-refractivity contribution in [3.63, 3.8) is 0 Å². The van der Waals surface area contributed by atoms with Gasteiger partial charge in [0.15, 0.2) is 0 Å². The lowest BCUT2D eigenvalue weighted by molar-refractivity contribution is -0.122. The summed E-state index contributed by atoms with van der Waals surface area (Å²) in [6, 6.07) is 4.56. The van der Waals surface area contributed by atoms with E-state index < -0.39 is 15.8 Å². The van der Waals surface area contributed by atoms with E-state index in [4.69, 9.17) is 0 Å². The monoisotopic (exact) mass is 286 g/mol. The summed E-state index contributed by atoms with van der Waals surface area (Å²) in [5.41, 5.74) is 0. The maximum Gasteiger partial charge on any atom is 0.240 e.